The topological polar surface area (TPSA) is 164 Å². The Kier molecular flexibility index (Phi) is 9.82. The van der Waals surface area contributed by atoms with Crippen molar-refractivity contribution < 1.29 is 32.0 Å². The molecular formula is C29H39N5O8SSi. The molecule has 2 unspecified atom stereocenters. The predicted octanol–water partition coefficient (Wildman–Crippen LogP) is 4.69. The second-order valence-electron chi connectivity index (χ2n) is 12.0. The molecule has 4 rings (SSSR count). The van der Waals surface area contributed by atoms with E-state index in [0.717, 1.165) is 5.56 Å². The average Bonchev–Trinajstić information content (AvgIpc) is 3.39. The van der Waals surface area contributed by atoms with Crippen molar-refractivity contribution in [2.24, 2.45) is 0 Å². The van der Waals surface area contributed by atoms with E-state index >= 15 is 0 Å². The monoisotopic (exact) mass is 645 g/mol. The van der Waals surface area contributed by atoms with Crippen LogP contribution in [-0.2, 0) is 37.1 Å². The lowest BCUT2D eigenvalue weighted by Gasteiger charge is -2.36. The van der Waals surface area contributed by atoms with Gasteiger partial charge in [0.2, 0.25) is 10.0 Å². The van der Waals surface area contributed by atoms with Crippen molar-refractivity contribution in [1.29, 1.82) is 0 Å². The highest BCUT2D eigenvalue weighted by atomic mass is 32.2. The van der Waals surface area contributed by atoms with Crippen molar-refractivity contribution in [3.63, 3.8) is 0 Å². The summed E-state index contributed by atoms with van der Waals surface area (Å²) >= 11 is 0. The largest absolute Gasteiger partial charge is 0.486 e. The Labute approximate surface area is 258 Å². The molecule has 44 heavy (non-hydrogen) atoms. The van der Waals surface area contributed by atoms with Gasteiger partial charge in [-0.05, 0) is 29.8 Å². The van der Waals surface area contributed by atoms with Crippen LogP contribution in [0.2, 0.25) is 18.1 Å². The van der Waals surface area contributed by atoms with E-state index in [-0.39, 0.29) is 35.3 Å². The maximum Gasteiger partial charge on any atom is 0.329 e. The van der Waals surface area contributed by atoms with Crippen molar-refractivity contribution in [1.82, 2.24) is 15.1 Å². The number of hydrogen-bond donors (Lipinski definition) is 2. The molecule has 2 N–H and O–H groups in total. The SMILES string of the molecule is COC(=O)C1NCC(S(=O)(=O)Nc2ccc([N+](=O)[O-])cc2OCc2ccccc2)c2cnn(CCO[Si](C)(C)C(C)(C)C)c21. The number of carbonyl (C=O) groups excluding carboxylic acids is 1. The molecule has 238 valence electrons. The van der Waals surface area contributed by atoms with Crippen molar-refractivity contribution in [3.8, 4) is 5.75 Å². The number of fused-ring (bicyclic) bond motifs is 1. The first-order valence-electron chi connectivity index (χ1n) is 14.1. The summed E-state index contributed by atoms with van der Waals surface area (Å²) < 4.78 is 49.0. The number of esters is 1. The van der Waals surface area contributed by atoms with Gasteiger partial charge < -0.3 is 13.9 Å². The molecule has 0 aliphatic carbocycles. The summed E-state index contributed by atoms with van der Waals surface area (Å²) in [6, 6.07) is 11.9. The first-order chi connectivity index (χ1) is 20.6. The molecule has 1 aliphatic heterocycles. The number of carbonyl (C=O) groups is 1. The van der Waals surface area contributed by atoms with Crippen LogP contribution in [0.3, 0.4) is 0 Å². The molecule has 0 radical (unpaired) electrons. The fraction of sp³-hybridized carbons (Fsp3) is 0.448. The lowest BCUT2D eigenvalue weighted by molar-refractivity contribution is -0.384. The molecule has 2 aromatic carbocycles. The van der Waals surface area contributed by atoms with Gasteiger partial charge >= 0.3 is 5.97 Å². The summed E-state index contributed by atoms with van der Waals surface area (Å²) in [5.74, 6) is -0.573. The molecule has 1 aromatic heterocycles. The van der Waals surface area contributed by atoms with Crippen LogP contribution in [-0.4, -0.2) is 57.7 Å². The van der Waals surface area contributed by atoms with E-state index in [4.69, 9.17) is 13.9 Å². The number of hydrogen-bond acceptors (Lipinski definition) is 10. The minimum Gasteiger partial charge on any atom is -0.486 e. The third-order valence-corrected chi connectivity index (χ3v) is 14.3. The lowest BCUT2D eigenvalue weighted by atomic mass is 10.0. The zero-order chi connectivity index (χ0) is 32.3. The molecule has 0 fully saturated rings. The molecule has 0 amide bonds. The summed E-state index contributed by atoms with van der Waals surface area (Å²) in [5.41, 5.74) is 1.31. The number of non-ortho nitro benzene ring substituents is 1. The molecule has 0 spiro atoms. The molecule has 0 saturated carbocycles. The van der Waals surface area contributed by atoms with E-state index in [1.54, 1.807) is 4.68 Å². The number of nitro groups is 1. The number of rotatable bonds is 12. The van der Waals surface area contributed by atoms with Crippen LogP contribution >= 0.6 is 0 Å². The molecule has 2 heterocycles. The number of aromatic nitrogens is 2. The summed E-state index contributed by atoms with van der Waals surface area (Å²) in [6.45, 7) is 11.3. The van der Waals surface area contributed by atoms with Gasteiger partial charge in [-0.2, -0.15) is 5.10 Å². The van der Waals surface area contributed by atoms with Crippen LogP contribution in [0.15, 0.2) is 54.7 Å². The zero-order valence-electron chi connectivity index (χ0n) is 25.7. The average molecular weight is 646 g/mol. The van der Waals surface area contributed by atoms with Crippen LogP contribution in [0.1, 0.15) is 48.9 Å². The Hall–Kier alpha value is -3.79. The lowest BCUT2D eigenvalue weighted by Crippen LogP contribution is -2.43. The molecule has 0 saturated heterocycles. The molecule has 2 atom stereocenters. The molecular weight excluding hydrogens is 606 g/mol. The number of anilines is 1. The van der Waals surface area contributed by atoms with Gasteiger partial charge in [-0.3, -0.25) is 24.8 Å². The molecule has 15 heteroatoms. The number of ether oxygens (including phenoxy) is 2. The number of methoxy groups -OCH3 is 1. The second-order valence-corrected chi connectivity index (χ2v) is 18.7. The molecule has 3 aromatic rings. The Balaban J connectivity index is 1.63. The van der Waals surface area contributed by atoms with E-state index < -0.39 is 40.5 Å². The van der Waals surface area contributed by atoms with E-state index in [2.05, 4.69) is 49.0 Å². The van der Waals surface area contributed by atoms with Crippen LogP contribution in [0, 0.1) is 10.1 Å². The standard InChI is InChI=1S/C29H39N5O8SSi/c1-29(2,3)44(5,6)42-15-14-33-27-22(17-31-33)25(18-30-26(27)28(35)40-4)43(38,39)32-23-13-12-21(34(36)37)16-24(23)41-19-20-10-8-7-9-11-20/h7-13,16-17,25-26,30,32H,14-15,18-19H2,1-6H3. The third-order valence-electron chi connectivity index (χ3n) is 8.09. The van der Waals surface area contributed by atoms with Gasteiger partial charge in [0.05, 0.1) is 48.8 Å². The van der Waals surface area contributed by atoms with Crippen LogP contribution in [0.5, 0.6) is 5.75 Å². The molecule has 13 nitrogen and oxygen atoms in total. The number of nitrogens with zero attached hydrogens (tertiary/aromatic N) is 3. The summed E-state index contributed by atoms with van der Waals surface area (Å²) in [7, 11) is -4.98. The van der Waals surface area contributed by atoms with Gasteiger partial charge in [-0.25, -0.2) is 13.2 Å². The summed E-state index contributed by atoms with van der Waals surface area (Å²) in [5, 5.41) is 17.7. The highest BCUT2D eigenvalue weighted by Crippen LogP contribution is 2.39. The zero-order valence-corrected chi connectivity index (χ0v) is 27.5. The van der Waals surface area contributed by atoms with E-state index in [0.29, 0.717) is 24.4 Å². The summed E-state index contributed by atoms with van der Waals surface area (Å²) in [6.07, 6.45) is 1.45. The predicted molar refractivity (Wildman–Crippen MR) is 167 cm³/mol. The van der Waals surface area contributed by atoms with Gasteiger partial charge in [0, 0.05) is 18.2 Å². The minimum absolute atomic E-state index is 0.000967. The van der Waals surface area contributed by atoms with Crippen molar-refractivity contribution in [3.05, 3.63) is 81.7 Å². The van der Waals surface area contributed by atoms with Crippen molar-refractivity contribution in [2.45, 2.75) is 63.3 Å². The Bertz CT molecular complexity index is 1610. The van der Waals surface area contributed by atoms with E-state index in [9.17, 15) is 23.3 Å². The third kappa shape index (κ3) is 7.29. The van der Waals surface area contributed by atoms with Crippen molar-refractivity contribution >= 4 is 35.7 Å². The normalized spacial score (nSPS) is 17.0. The highest BCUT2D eigenvalue weighted by molar-refractivity contribution is 7.93. The summed E-state index contributed by atoms with van der Waals surface area (Å²) in [4.78, 5) is 23.6. The maximum atomic E-state index is 13.9. The maximum absolute atomic E-state index is 13.9. The number of nitro benzene ring substituents is 1. The molecule has 0 bridgehead atoms. The Morgan fingerprint density at radius 2 is 1.91 bits per heavy atom. The van der Waals surface area contributed by atoms with Gasteiger partial charge in [0.25, 0.3) is 5.69 Å². The second kappa shape index (κ2) is 13.1. The Morgan fingerprint density at radius 1 is 1.20 bits per heavy atom. The van der Waals surface area contributed by atoms with Gasteiger partial charge in [-0.15, -0.1) is 0 Å². The Morgan fingerprint density at radius 3 is 2.55 bits per heavy atom. The number of nitrogens with one attached hydrogen (secondary N) is 2. The van der Waals surface area contributed by atoms with Crippen LogP contribution < -0.4 is 14.8 Å². The fourth-order valence-corrected chi connectivity index (χ4v) is 7.05. The number of sulfonamides is 1. The quantitative estimate of drug-likeness (QED) is 0.122. The van der Waals surface area contributed by atoms with Crippen molar-refractivity contribution in [2.75, 3.05) is 25.0 Å². The highest BCUT2D eigenvalue weighted by Gasteiger charge is 2.42. The van der Waals surface area contributed by atoms with E-state index in [1.165, 1.54) is 31.5 Å². The van der Waals surface area contributed by atoms with Crippen LogP contribution in [0.4, 0.5) is 11.4 Å². The first kappa shape index (κ1) is 33.1. The minimum atomic E-state index is -4.19. The smallest absolute Gasteiger partial charge is 0.329 e. The first-order valence-corrected chi connectivity index (χ1v) is 18.6. The fourth-order valence-electron chi connectivity index (χ4n) is 4.56. The van der Waals surface area contributed by atoms with Gasteiger partial charge in [0.1, 0.15) is 17.9 Å². The molecule has 1 aliphatic rings. The van der Waals surface area contributed by atoms with Gasteiger partial charge in [-0.1, -0.05) is 51.1 Å². The van der Waals surface area contributed by atoms with Crippen LogP contribution in [0.25, 0.3) is 0 Å². The van der Waals surface area contributed by atoms with Gasteiger partial charge in [0.15, 0.2) is 14.1 Å². The number of benzene rings is 2. The van der Waals surface area contributed by atoms with E-state index in [1.807, 2.05) is 30.3 Å².